The largest absolute Gasteiger partial charge is 0.508 e. The van der Waals surface area contributed by atoms with E-state index < -0.39 is 12.3 Å². The molecule has 0 saturated heterocycles. The number of carbonyl (C=O) groups is 2. The molecule has 6 nitrogen and oxygen atoms in total. The summed E-state index contributed by atoms with van der Waals surface area (Å²) in [5.74, 6) is 6.60. The maximum atomic E-state index is 11.8. The van der Waals surface area contributed by atoms with Crippen LogP contribution in [0, 0.1) is 48.4 Å². The van der Waals surface area contributed by atoms with Crippen LogP contribution in [0.2, 0.25) is 0 Å². The first-order valence-corrected chi connectivity index (χ1v) is 9.16. The van der Waals surface area contributed by atoms with Gasteiger partial charge in [0.25, 0.3) is 0 Å². The first-order valence-electron chi connectivity index (χ1n) is 9.16. The highest BCUT2D eigenvalue weighted by atomic mass is 16.7. The summed E-state index contributed by atoms with van der Waals surface area (Å²) in [4.78, 5) is 23.5. The Hall–Kier alpha value is -2.34. The molecule has 6 heteroatoms. The summed E-state index contributed by atoms with van der Waals surface area (Å²) in [6, 6.07) is 0. The molecule has 3 saturated carbocycles. The fourth-order valence-electron chi connectivity index (χ4n) is 4.90. The van der Waals surface area contributed by atoms with Crippen molar-refractivity contribution >= 4 is 12.3 Å². The Morgan fingerprint density at radius 1 is 0.808 bits per heavy atom. The predicted octanol–water partition coefficient (Wildman–Crippen LogP) is 3.14. The fourth-order valence-corrected chi connectivity index (χ4v) is 4.90. The molecular weight excluding hydrogens is 336 g/mol. The van der Waals surface area contributed by atoms with Gasteiger partial charge in [-0.3, -0.25) is 0 Å². The molecule has 140 valence electrons. The van der Waals surface area contributed by atoms with Gasteiger partial charge in [-0.05, 0) is 49.4 Å². The molecule has 0 aliphatic heterocycles. The van der Waals surface area contributed by atoms with Gasteiger partial charge in [0.1, 0.15) is 25.4 Å². The normalized spacial score (nSPS) is 33.6. The van der Waals surface area contributed by atoms with Gasteiger partial charge >= 0.3 is 12.3 Å². The van der Waals surface area contributed by atoms with Gasteiger partial charge in [0.2, 0.25) is 0 Å². The van der Waals surface area contributed by atoms with Crippen molar-refractivity contribution in [2.24, 2.45) is 23.7 Å². The van der Waals surface area contributed by atoms with Crippen molar-refractivity contribution < 1.29 is 28.5 Å². The molecule has 3 rings (SSSR count). The number of ether oxygens (including phenoxy) is 4. The number of rotatable bonds is 6. The summed E-state index contributed by atoms with van der Waals surface area (Å²) in [6.45, 7) is 0.359. The molecule has 3 aliphatic carbocycles. The topological polar surface area (TPSA) is 71.1 Å². The van der Waals surface area contributed by atoms with Crippen molar-refractivity contribution in [1.29, 1.82) is 0 Å². The van der Waals surface area contributed by atoms with Gasteiger partial charge in [0.15, 0.2) is 0 Å². The van der Waals surface area contributed by atoms with Crippen molar-refractivity contribution in [1.82, 2.24) is 0 Å². The molecular formula is C20H24O6. The van der Waals surface area contributed by atoms with Crippen LogP contribution in [0.1, 0.15) is 38.5 Å². The number of hydrogen-bond donors (Lipinski definition) is 0. The Kier molecular flexibility index (Phi) is 5.93. The minimum Gasteiger partial charge on any atom is -0.433 e. The van der Waals surface area contributed by atoms with E-state index in [1.165, 1.54) is 0 Å². The van der Waals surface area contributed by atoms with Crippen LogP contribution in [-0.4, -0.2) is 37.7 Å². The van der Waals surface area contributed by atoms with Gasteiger partial charge in [0.05, 0.1) is 0 Å². The van der Waals surface area contributed by atoms with Crippen LogP contribution in [0.3, 0.4) is 0 Å². The average Bonchev–Trinajstić information content (AvgIpc) is 3.26. The van der Waals surface area contributed by atoms with Crippen LogP contribution in [-0.2, 0) is 18.9 Å². The third-order valence-corrected chi connectivity index (χ3v) is 5.81. The van der Waals surface area contributed by atoms with Gasteiger partial charge in [0, 0.05) is 12.8 Å². The standard InChI is InChI=1S/C20H24O6/c1-3-5-7-23-19(21)25-14-11-15-13-9-17(16(15)12-14)18(10-13)26-20(22)24-8-6-4-2/h1-2,13-18H,5-12H2. The second-order valence-corrected chi connectivity index (χ2v) is 7.20. The Labute approximate surface area is 153 Å². The first-order chi connectivity index (χ1) is 12.6. The van der Waals surface area contributed by atoms with Crippen molar-refractivity contribution in [2.45, 2.75) is 50.7 Å². The molecule has 6 atom stereocenters. The maximum absolute atomic E-state index is 11.8. The molecule has 0 amide bonds. The summed E-state index contributed by atoms with van der Waals surface area (Å²) in [7, 11) is 0. The van der Waals surface area contributed by atoms with Crippen LogP contribution in [0.5, 0.6) is 0 Å². The van der Waals surface area contributed by atoms with E-state index >= 15 is 0 Å². The Morgan fingerprint density at radius 2 is 1.42 bits per heavy atom. The van der Waals surface area contributed by atoms with Crippen molar-refractivity contribution in [3.05, 3.63) is 0 Å². The van der Waals surface area contributed by atoms with E-state index in [0.717, 1.165) is 25.7 Å². The molecule has 0 aromatic rings. The summed E-state index contributed by atoms with van der Waals surface area (Å²) in [5, 5.41) is 0. The van der Waals surface area contributed by atoms with Gasteiger partial charge in [-0.2, -0.15) is 0 Å². The lowest BCUT2D eigenvalue weighted by molar-refractivity contribution is -0.0115. The summed E-state index contributed by atoms with van der Waals surface area (Å²) in [6.07, 6.45) is 13.1. The van der Waals surface area contributed by atoms with Crippen LogP contribution >= 0.6 is 0 Å². The zero-order valence-corrected chi connectivity index (χ0v) is 14.7. The number of carbonyl (C=O) groups excluding carboxylic acids is 2. The first kappa shape index (κ1) is 18.5. The number of fused-ring (bicyclic) bond motifs is 5. The van der Waals surface area contributed by atoms with E-state index in [9.17, 15) is 9.59 Å². The van der Waals surface area contributed by atoms with Crippen molar-refractivity contribution in [3.63, 3.8) is 0 Å². The zero-order chi connectivity index (χ0) is 18.5. The predicted molar refractivity (Wildman–Crippen MR) is 91.8 cm³/mol. The Balaban J connectivity index is 1.45. The minimum atomic E-state index is -0.650. The van der Waals surface area contributed by atoms with E-state index in [0.29, 0.717) is 36.5 Å². The average molecular weight is 360 g/mol. The summed E-state index contributed by atoms with van der Waals surface area (Å²) < 4.78 is 20.9. The zero-order valence-electron chi connectivity index (χ0n) is 14.7. The lowest BCUT2D eigenvalue weighted by atomic mass is 9.80. The SMILES string of the molecule is C#CCCOC(=O)OC1CC2C3CC(OC(=O)OCCC#C)C(C3)C2C1. The second-order valence-electron chi connectivity index (χ2n) is 7.20. The molecule has 0 spiro atoms. The van der Waals surface area contributed by atoms with Crippen LogP contribution in [0.15, 0.2) is 0 Å². The van der Waals surface area contributed by atoms with E-state index in [1.807, 2.05) is 0 Å². The van der Waals surface area contributed by atoms with Crippen LogP contribution in [0.25, 0.3) is 0 Å². The Morgan fingerprint density at radius 3 is 2.08 bits per heavy atom. The van der Waals surface area contributed by atoms with E-state index in [-0.39, 0.29) is 25.4 Å². The molecule has 0 aromatic carbocycles. The third-order valence-electron chi connectivity index (χ3n) is 5.81. The van der Waals surface area contributed by atoms with E-state index in [1.54, 1.807) is 0 Å². The highest BCUT2D eigenvalue weighted by Crippen LogP contribution is 2.59. The quantitative estimate of drug-likeness (QED) is 0.412. The summed E-state index contributed by atoms with van der Waals surface area (Å²) >= 11 is 0. The highest BCUT2D eigenvalue weighted by Gasteiger charge is 2.58. The maximum Gasteiger partial charge on any atom is 0.508 e. The molecule has 3 aliphatic rings. The van der Waals surface area contributed by atoms with Crippen molar-refractivity contribution in [2.75, 3.05) is 13.2 Å². The molecule has 0 radical (unpaired) electrons. The smallest absolute Gasteiger partial charge is 0.433 e. The van der Waals surface area contributed by atoms with E-state index in [2.05, 4.69) is 11.8 Å². The van der Waals surface area contributed by atoms with Gasteiger partial charge in [-0.1, -0.05) is 0 Å². The van der Waals surface area contributed by atoms with Crippen molar-refractivity contribution in [3.8, 4) is 24.7 Å². The monoisotopic (exact) mass is 360 g/mol. The summed E-state index contributed by atoms with van der Waals surface area (Å²) in [5.41, 5.74) is 0. The lowest BCUT2D eigenvalue weighted by Crippen LogP contribution is -2.32. The van der Waals surface area contributed by atoms with Gasteiger partial charge in [-0.15, -0.1) is 24.7 Å². The molecule has 0 heterocycles. The van der Waals surface area contributed by atoms with Gasteiger partial charge < -0.3 is 18.9 Å². The highest BCUT2D eigenvalue weighted by molar-refractivity contribution is 5.60. The molecule has 2 bridgehead atoms. The number of hydrogen-bond acceptors (Lipinski definition) is 6. The van der Waals surface area contributed by atoms with Gasteiger partial charge in [-0.25, -0.2) is 9.59 Å². The van der Waals surface area contributed by atoms with Crippen LogP contribution < -0.4 is 0 Å². The second kappa shape index (κ2) is 8.36. The molecule has 26 heavy (non-hydrogen) atoms. The lowest BCUT2D eigenvalue weighted by Gasteiger charge is -2.30. The molecule has 0 N–H and O–H groups in total. The molecule has 3 fully saturated rings. The third kappa shape index (κ3) is 4.07. The minimum absolute atomic E-state index is 0.110. The Bertz CT molecular complexity index is 615. The number of terminal acetylenes is 2. The fraction of sp³-hybridized carbons (Fsp3) is 0.700. The van der Waals surface area contributed by atoms with E-state index in [4.69, 9.17) is 31.8 Å². The molecule has 0 aromatic heterocycles. The van der Waals surface area contributed by atoms with Crippen LogP contribution in [0.4, 0.5) is 9.59 Å². The molecule has 6 unspecified atom stereocenters.